The first-order chi connectivity index (χ1) is 3.72. The van der Waals surface area contributed by atoms with Gasteiger partial charge in [-0.1, -0.05) is 15.5 Å². The maximum atomic E-state index is 5.09. The molecule has 1 heterocycles. The topological polar surface area (TPSA) is 0 Å². The molecule has 0 amide bonds. The molecular weight excluding hydrogens is 136 g/mol. The van der Waals surface area contributed by atoms with Gasteiger partial charge in [0, 0.05) is 0 Å². The summed E-state index contributed by atoms with van der Waals surface area (Å²) in [6.07, 6.45) is 2.10. The molecule has 0 spiro atoms. The van der Waals surface area contributed by atoms with Gasteiger partial charge in [-0.2, -0.15) is 0 Å². The standard InChI is InChI=1S/C6H8S2/c1-5-3-4-8(7)6(5)2/h3-4H,1-2H3. The van der Waals surface area contributed by atoms with Gasteiger partial charge < -0.3 is 0 Å². The summed E-state index contributed by atoms with van der Waals surface area (Å²) in [5.74, 6) is 0. The van der Waals surface area contributed by atoms with Gasteiger partial charge in [0.15, 0.2) is 0 Å². The Balaban J connectivity index is 3.02. The van der Waals surface area contributed by atoms with E-state index in [1.165, 1.54) is 10.5 Å². The molecule has 0 aromatic carbocycles. The predicted molar refractivity (Wildman–Crippen MR) is 42.2 cm³/mol. The van der Waals surface area contributed by atoms with Gasteiger partial charge in [0.25, 0.3) is 0 Å². The highest BCUT2D eigenvalue weighted by Crippen LogP contribution is 2.17. The summed E-state index contributed by atoms with van der Waals surface area (Å²) in [6, 6.07) is 0. The Morgan fingerprint density at radius 1 is 1.50 bits per heavy atom. The number of allylic oxidation sites excluding steroid dienone is 3. The first kappa shape index (κ1) is 6.17. The minimum absolute atomic E-state index is 0.0347. The highest BCUT2D eigenvalue weighted by Gasteiger charge is 2.01. The van der Waals surface area contributed by atoms with Crippen molar-refractivity contribution in [3.05, 3.63) is 22.0 Å². The van der Waals surface area contributed by atoms with Crippen LogP contribution in [0.5, 0.6) is 0 Å². The lowest BCUT2D eigenvalue weighted by molar-refractivity contribution is 1.47. The van der Waals surface area contributed by atoms with Gasteiger partial charge in [0.1, 0.15) is 0 Å². The van der Waals surface area contributed by atoms with Gasteiger partial charge >= 0.3 is 0 Å². The molecule has 0 aromatic rings. The van der Waals surface area contributed by atoms with Crippen LogP contribution in [0.2, 0.25) is 0 Å². The highest BCUT2D eigenvalue weighted by atomic mass is 32.8. The van der Waals surface area contributed by atoms with Gasteiger partial charge in [-0.05, 0) is 40.9 Å². The summed E-state index contributed by atoms with van der Waals surface area (Å²) in [7, 11) is 0.0347. The van der Waals surface area contributed by atoms with Crippen molar-refractivity contribution >= 4 is 20.6 Å². The van der Waals surface area contributed by atoms with Crippen molar-refractivity contribution in [2.45, 2.75) is 13.8 Å². The third kappa shape index (κ3) is 0.906. The smallest absolute Gasteiger partial charge is 0.00671 e. The zero-order chi connectivity index (χ0) is 6.15. The summed E-state index contributed by atoms with van der Waals surface area (Å²) in [4.78, 5) is 1.36. The average molecular weight is 144 g/mol. The minimum Gasteiger partial charge on any atom is -0.0701 e. The number of hydrogen-bond acceptors (Lipinski definition) is 1. The van der Waals surface area contributed by atoms with E-state index in [0.29, 0.717) is 0 Å². The van der Waals surface area contributed by atoms with Crippen LogP contribution in [0.25, 0.3) is 0 Å². The largest absolute Gasteiger partial charge is 0.0701 e. The molecular formula is C6H8S2. The molecule has 0 radical (unpaired) electrons. The number of hydrogen-bond donors (Lipinski definition) is 0. The van der Waals surface area contributed by atoms with Crippen LogP contribution >= 0.6 is 0 Å². The summed E-state index contributed by atoms with van der Waals surface area (Å²) in [5, 5.41) is 2.08. The van der Waals surface area contributed by atoms with E-state index in [0.717, 1.165) is 0 Å². The Labute approximate surface area is 56.9 Å². The first-order valence-corrected chi connectivity index (χ1v) is 4.69. The molecule has 2 heteroatoms. The SMILES string of the molecule is CC1=C(C)S(=S)C=C1. The second-order valence-corrected chi connectivity index (χ2v) is 4.40. The lowest BCUT2D eigenvalue weighted by atomic mass is 10.3. The molecule has 0 aromatic heterocycles. The molecule has 44 valence electrons. The molecule has 0 aliphatic carbocycles. The van der Waals surface area contributed by atoms with Crippen molar-refractivity contribution in [3.63, 3.8) is 0 Å². The maximum Gasteiger partial charge on any atom is -0.00671 e. The van der Waals surface area contributed by atoms with Gasteiger partial charge in [-0.25, -0.2) is 0 Å². The Kier molecular flexibility index (Phi) is 1.63. The summed E-state index contributed by atoms with van der Waals surface area (Å²) in [6.45, 7) is 4.20. The quantitative estimate of drug-likeness (QED) is 0.500. The zero-order valence-corrected chi connectivity index (χ0v) is 6.60. The Morgan fingerprint density at radius 2 is 2.12 bits per heavy atom. The summed E-state index contributed by atoms with van der Waals surface area (Å²) in [5.41, 5.74) is 1.35. The second kappa shape index (κ2) is 2.11. The van der Waals surface area contributed by atoms with Crippen molar-refractivity contribution in [3.8, 4) is 0 Å². The Morgan fingerprint density at radius 3 is 2.25 bits per heavy atom. The lowest BCUT2D eigenvalue weighted by Gasteiger charge is -1.91. The van der Waals surface area contributed by atoms with Gasteiger partial charge in [0.2, 0.25) is 0 Å². The van der Waals surface area contributed by atoms with Crippen LogP contribution in [0.3, 0.4) is 0 Å². The third-order valence-electron chi connectivity index (χ3n) is 1.30. The molecule has 0 fully saturated rings. The zero-order valence-electron chi connectivity index (χ0n) is 4.97. The molecule has 1 aliphatic rings. The minimum atomic E-state index is 0.0347. The Hall–Kier alpha value is 0.0500. The monoisotopic (exact) mass is 144 g/mol. The van der Waals surface area contributed by atoms with Crippen LogP contribution in [0.4, 0.5) is 0 Å². The van der Waals surface area contributed by atoms with E-state index in [-0.39, 0.29) is 9.45 Å². The van der Waals surface area contributed by atoms with E-state index in [1.807, 2.05) is 0 Å². The van der Waals surface area contributed by atoms with Gasteiger partial charge in [-0.3, -0.25) is 0 Å². The molecule has 0 N–H and O–H groups in total. The number of rotatable bonds is 0. The third-order valence-corrected chi connectivity index (χ3v) is 3.69. The van der Waals surface area contributed by atoms with Crippen LogP contribution < -0.4 is 0 Å². The van der Waals surface area contributed by atoms with Crippen molar-refractivity contribution in [2.24, 2.45) is 0 Å². The van der Waals surface area contributed by atoms with Crippen LogP contribution in [0, 0.1) is 0 Å². The van der Waals surface area contributed by atoms with Crippen molar-refractivity contribution in [1.82, 2.24) is 0 Å². The molecule has 0 saturated carbocycles. The second-order valence-electron chi connectivity index (χ2n) is 1.84. The van der Waals surface area contributed by atoms with Gasteiger partial charge in [-0.15, -0.1) is 0 Å². The fourth-order valence-corrected chi connectivity index (χ4v) is 2.02. The van der Waals surface area contributed by atoms with Crippen molar-refractivity contribution in [1.29, 1.82) is 0 Å². The molecule has 8 heavy (non-hydrogen) atoms. The maximum absolute atomic E-state index is 5.09. The van der Waals surface area contributed by atoms with Gasteiger partial charge in [0.05, 0.1) is 0 Å². The average Bonchev–Trinajstić information content (AvgIpc) is 1.98. The van der Waals surface area contributed by atoms with Crippen LogP contribution in [-0.2, 0) is 20.6 Å². The van der Waals surface area contributed by atoms with E-state index in [4.69, 9.17) is 11.2 Å². The van der Waals surface area contributed by atoms with Crippen molar-refractivity contribution in [2.75, 3.05) is 0 Å². The summed E-state index contributed by atoms with van der Waals surface area (Å²) < 4.78 is 0. The summed E-state index contributed by atoms with van der Waals surface area (Å²) >= 11 is 5.09. The Bertz CT molecular complexity index is 183. The van der Waals surface area contributed by atoms with Crippen LogP contribution in [-0.4, -0.2) is 0 Å². The molecule has 0 nitrogen and oxygen atoms in total. The van der Waals surface area contributed by atoms with E-state index in [2.05, 4.69) is 25.3 Å². The molecule has 1 unspecified atom stereocenters. The normalized spacial score (nSPS) is 27.5. The first-order valence-electron chi connectivity index (χ1n) is 2.48. The van der Waals surface area contributed by atoms with Crippen molar-refractivity contribution < 1.29 is 0 Å². The molecule has 0 saturated heterocycles. The molecule has 0 bridgehead atoms. The highest BCUT2D eigenvalue weighted by molar-refractivity contribution is 8.32. The van der Waals surface area contributed by atoms with Crippen LogP contribution in [0.1, 0.15) is 13.8 Å². The van der Waals surface area contributed by atoms with Crippen LogP contribution in [0.15, 0.2) is 22.0 Å². The lowest BCUT2D eigenvalue weighted by Crippen LogP contribution is -1.77. The molecule has 1 rings (SSSR count). The fourth-order valence-electron chi connectivity index (χ4n) is 0.542. The molecule has 1 aliphatic heterocycles. The van der Waals surface area contributed by atoms with E-state index in [9.17, 15) is 0 Å². The van der Waals surface area contributed by atoms with E-state index >= 15 is 0 Å². The fraction of sp³-hybridized carbons (Fsp3) is 0.333. The van der Waals surface area contributed by atoms with E-state index in [1.54, 1.807) is 0 Å². The van der Waals surface area contributed by atoms with E-state index < -0.39 is 0 Å². The predicted octanol–water partition coefficient (Wildman–Crippen LogP) is 1.89. The molecule has 1 atom stereocenters.